The highest BCUT2D eigenvalue weighted by Gasteiger charge is 2.34. The van der Waals surface area contributed by atoms with E-state index in [2.05, 4.69) is 58.3 Å². The van der Waals surface area contributed by atoms with Gasteiger partial charge in [0.2, 0.25) is 0 Å². The van der Waals surface area contributed by atoms with Gasteiger partial charge >= 0.3 is 0 Å². The fourth-order valence-electron chi connectivity index (χ4n) is 5.13. The molecule has 5 rings (SSSR count). The molecule has 1 atom stereocenters. The molecule has 31 heavy (non-hydrogen) atoms. The Morgan fingerprint density at radius 3 is 1.32 bits per heavy atom. The Kier molecular flexibility index (Phi) is 5.69. The van der Waals surface area contributed by atoms with Gasteiger partial charge in [-0.15, -0.1) is 0 Å². The van der Waals surface area contributed by atoms with E-state index in [1.54, 1.807) is 0 Å². The van der Waals surface area contributed by atoms with Crippen molar-refractivity contribution in [1.82, 2.24) is 0 Å². The number of hydrogen-bond acceptors (Lipinski definition) is 3. The van der Waals surface area contributed by atoms with Crippen molar-refractivity contribution in [1.29, 1.82) is 0 Å². The molecule has 3 aromatic carbocycles. The Morgan fingerprint density at radius 2 is 0.871 bits per heavy atom. The zero-order chi connectivity index (χ0) is 21.1. The minimum Gasteiger partial charge on any atom is -0.376 e. The molecule has 3 aromatic rings. The molecule has 2 heterocycles. The molecular formula is C28H32N2O. The summed E-state index contributed by atoms with van der Waals surface area (Å²) in [4.78, 5) is 4.89. The number of benzene rings is 3. The van der Waals surface area contributed by atoms with Gasteiger partial charge in [0, 0.05) is 37.6 Å². The number of hydrogen-bond donors (Lipinski definition) is 1. The first-order valence-electron chi connectivity index (χ1n) is 11.7. The summed E-state index contributed by atoms with van der Waals surface area (Å²) in [5.41, 5.74) is 4.04. The van der Waals surface area contributed by atoms with Crippen molar-refractivity contribution in [3.8, 4) is 0 Å². The fourth-order valence-corrected chi connectivity index (χ4v) is 5.13. The van der Waals surface area contributed by atoms with Crippen LogP contribution in [-0.2, 0) is 5.60 Å². The van der Waals surface area contributed by atoms with Crippen LogP contribution in [0.3, 0.4) is 0 Å². The van der Waals surface area contributed by atoms with E-state index in [1.165, 1.54) is 43.5 Å². The van der Waals surface area contributed by atoms with Crippen LogP contribution in [-0.4, -0.2) is 31.3 Å². The van der Waals surface area contributed by atoms with Crippen LogP contribution in [0.4, 0.5) is 11.4 Å². The summed E-state index contributed by atoms with van der Waals surface area (Å²) in [6, 6.07) is 27.1. The first kappa shape index (κ1) is 20.1. The van der Waals surface area contributed by atoms with Crippen molar-refractivity contribution < 1.29 is 5.11 Å². The van der Waals surface area contributed by atoms with Crippen LogP contribution in [0.2, 0.25) is 0 Å². The highest BCUT2D eigenvalue weighted by atomic mass is 16.3. The second kappa shape index (κ2) is 8.76. The molecule has 0 radical (unpaired) electrons. The molecule has 2 aliphatic heterocycles. The largest absolute Gasteiger partial charge is 0.376 e. The maximum Gasteiger partial charge on any atom is 0.140 e. The molecular weight excluding hydrogens is 380 g/mol. The van der Waals surface area contributed by atoms with Gasteiger partial charge in [-0.3, -0.25) is 0 Å². The summed E-state index contributed by atoms with van der Waals surface area (Å²) in [7, 11) is 0. The molecule has 0 amide bonds. The van der Waals surface area contributed by atoms with Gasteiger partial charge in [0.1, 0.15) is 5.60 Å². The SMILES string of the molecule is OC(c1ccccc1)(c1ccc(N2CCCCC2)cc1)c1ccc(N2CCCC2)cc1. The number of piperidine rings is 1. The topological polar surface area (TPSA) is 26.7 Å². The number of aliphatic hydroxyl groups is 1. The van der Waals surface area contributed by atoms with E-state index >= 15 is 0 Å². The van der Waals surface area contributed by atoms with E-state index in [0.717, 1.165) is 42.9 Å². The lowest BCUT2D eigenvalue weighted by molar-refractivity contribution is 0.126. The third kappa shape index (κ3) is 3.95. The minimum atomic E-state index is -1.18. The predicted octanol–water partition coefficient (Wildman–Crippen LogP) is 5.56. The number of rotatable bonds is 5. The van der Waals surface area contributed by atoms with Crippen molar-refractivity contribution in [2.75, 3.05) is 36.0 Å². The van der Waals surface area contributed by atoms with Crippen LogP contribution in [0.15, 0.2) is 78.9 Å². The van der Waals surface area contributed by atoms with Crippen LogP contribution in [0.25, 0.3) is 0 Å². The maximum atomic E-state index is 12.2. The highest BCUT2D eigenvalue weighted by Crippen LogP contribution is 2.38. The summed E-state index contributed by atoms with van der Waals surface area (Å²) in [6.45, 7) is 4.50. The van der Waals surface area contributed by atoms with Crippen LogP contribution < -0.4 is 9.80 Å². The zero-order valence-electron chi connectivity index (χ0n) is 18.2. The van der Waals surface area contributed by atoms with Crippen molar-refractivity contribution in [2.45, 2.75) is 37.7 Å². The van der Waals surface area contributed by atoms with Gasteiger partial charge in [-0.25, -0.2) is 0 Å². The average Bonchev–Trinajstić information content (AvgIpc) is 3.40. The van der Waals surface area contributed by atoms with Crippen LogP contribution in [0, 0.1) is 0 Å². The van der Waals surface area contributed by atoms with Crippen molar-refractivity contribution in [2.24, 2.45) is 0 Å². The van der Waals surface area contributed by atoms with E-state index in [1.807, 2.05) is 30.3 Å². The summed E-state index contributed by atoms with van der Waals surface area (Å²) < 4.78 is 0. The van der Waals surface area contributed by atoms with Gasteiger partial charge in [0.05, 0.1) is 0 Å². The summed E-state index contributed by atoms with van der Waals surface area (Å²) in [5, 5.41) is 12.2. The molecule has 1 unspecified atom stereocenters. The lowest BCUT2D eigenvalue weighted by Gasteiger charge is -2.32. The molecule has 0 spiro atoms. The standard InChI is InChI=1S/C28H32N2O/c31-28(23-9-3-1-4-10-23,25-13-17-27(18-14-25)30-21-7-8-22-30)24-11-15-26(16-12-24)29-19-5-2-6-20-29/h1,3-4,9-18,31H,2,5-8,19-22H2. The average molecular weight is 413 g/mol. The molecule has 0 aromatic heterocycles. The van der Waals surface area contributed by atoms with E-state index in [9.17, 15) is 5.11 Å². The Bertz CT molecular complexity index is 972. The van der Waals surface area contributed by atoms with Crippen molar-refractivity contribution in [3.05, 3.63) is 95.6 Å². The van der Waals surface area contributed by atoms with E-state index in [0.29, 0.717) is 0 Å². The van der Waals surface area contributed by atoms with E-state index < -0.39 is 5.60 Å². The van der Waals surface area contributed by atoms with Crippen LogP contribution in [0.1, 0.15) is 48.8 Å². The molecule has 3 heteroatoms. The molecule has 160 valence electrons. The molecule has 1 N–H and O–H groups in total. The molecule has 0 saturated carbocycles. The predicted molar refractivity (Wildman–Crippen MR) is 129 cm³/mol. The maximum absolute atomic E-state index is 12.2. The summed E-state index contributed by atoms with van der Waals surface area (Å²) in [6.07, 6.45) is 6.38. The highest BCUT2D eigenvalue weighted by molar-refractivity contribution is 5.56. The van der Waals surface area contributed by atoms with Crippen molar-refractivity contribution in [3.63, 3.8) is 0 Å². The third-order valence-electron chi connectivity index (χ3n) is 6.95. The van der Waals surface area contributed by atoms with E-state index in [4.69, 9.17) is 0 Å². The van der Waals surface area contributed by atoms with Crippen LogP contribution in [0.5, 0.6) is 0 Å². The third-order valence-corrected chi connectivity index (χ3v) is 6.95. The number of anilines is 2. The van der Waals surface area contributed by atoms with Gasteiger partial charge in [-0.05, 0) is 73.1 Å². The van der Waals surface area contributed by atoms with Gasteiger partial charge in [0.25, 0.3) is 0 Å². The van der Waals surface area contributed by atoms with E-state index in [-0.39, 0.29) is 0 Å². The second-order valence-electron chi connectivity index (χ2n) is 8.91. The Labute approximate surface area is 185 Å². The van der Waals surface area contributed by atoms with Crippen LogP contribution >= 0.6 is 0 Å². The summed E-state index contributed by atoms with van der Waals surface area (Å²) in [5.74, 6) is 0. The lowest BCUT2D eigenvalue weighted by Crippen LogP contribution is -2.30. The van der Waals surface area contributed by atoms with Gasteiger partial charge in [-0.1, -0.05) is 54.6 Å². The monoisotopic (exact) mass is 412 g/mol. The first-order chi connectivity index (χ1) is 15.2. The van der Waals surface area contributed by atoms with Gasteiger partial charge in [0.15, 0.2) is 0 Å². The number of nitrogens with zero attached hydrogens (tertiary/aromatic N) is 2. The molecule has 3 nitrogen and oxygen atoms in total. The Balaban J connectivity index is 1.51. The Morgan fingerprint density at radius 1 is 0.484 bits per heavy atom. The Hall–Kier alpha value is -2.78. The normalized spacial score (nSPS) is 18.7. The lowest BCUT2D eigenvalue weighted by atomic mass is 9.80. The van der Waals surface area contributed by atoms with Gasteiger partial charge in [-0.2, -0.15) is 0 Å². The van der Waals surface area contributed by atoms with Gasteiger partial charge < -0.3 is 14.9 Å². The first-order valence-corrected chi connectivity index (χ1v) is 11.7. The fraction of sp³-hybridized carbons (Fsp3) is 0.357. The zero-order valence-corrected chi connectivity index (χ0v) is 18.2. The quantitative estimate of drug-likeness (QED) is 0.556. The second-order valence-corrected chi connectivity index (χ2v) is 8.91. The molecule has 2 saturated heterocycles. The molecule has 0 aliphatic carbocycles. The molecule has 2 aliphatic rings. The summed E-state index contributed by atoms with van der Waals surface area (Å²) >= 11 is 0. The molecule has 2 fully saturated rings. The minimum absolute atomic E-state index is 0.898. The smallest absolute Gasteiger partial charge is 0.140 e. The van der Waals surface area contributed by atoms with Crippen molar-refractivity contribution >= 4 is 11.4 Å². The molecule has 0 bridgehead atoms.